The number of carbonyl (C=O) groups is 1. The predicted octanol–water partition coefficient (Wildman–Crippen LogP) is 4.57. The summed E-state index contributed by atoms with van der Waals surface area (Å²) >= 11 is 1.46. The van der Waals surface area contributed by atoms with Crippen molar-refractivity contribution in [2.24, 2.45) is 0 Å². The molecule has 0 radical (unpaired) electrons. The van der Waals surface area contributed by atoms with Crippen molar-refractivity contribution in [3.05, 3.63) is 47.5 Å². The first-order valence-corrected chi connectivity index (χ1v) is 7.96. The molecule has 0 unspecified atom stereocenters. The van der Waals surface area contributed by atoms with Gasteiger partial charge in [0, 0.05) is 5.69 Å². The SMILES string of the molecule is COc1ccc(NC(=O)Nc2nc3cc(C)c(C)cc3s2)cc1. The summed E-state index contributed by atoms with van der Waals surface area (Å²) in [6.45, 7) is 4.12. The topological polar surface area (TPSA) is 63.2 Å². The molecule has 0 aliphatic rings. The Morgan fingerprint density at radius 3 is 2.48 bits per heavy atom. The van der Waals surface area contributed by atoms with Gasteiger partial charge in [0.2, 0.25) is 0 Å². The van der Waals surface area contributed by atoms with E-state index < -0.39 is 0 Å². The average molecular weight is 327 g/mol. The smallest absolute Gasteiger partial charge is 0.325 e. The van der Waals surface area contributed by atoms with Crippen molar-refractivity contribution < 1.29 is 9.53 Å². The number of benzene rings is 2. The maximum atomic E-state index is 12.1. The third-order valence-corrected chi connectivity index (χ3v) is 4.51. The lowest BCUT2D eigenvalue weighted by Crippen LogP contribution is -2.19. The standard InChI is InChI=1S/C17H17N3O2S/c1-10-8-14-15(9-11(10)2)23-17(19-14)20-16(21)18-12-4-6-13(22-3)7-5-12/h4-9H,1-3H3,(H2,18,19,20,21). The van der Waals surface area contributed by atoms with Gasteiger partial charge >= 0.3 is 6.03 Å². The zero-order valence-corrected chi connectivity index (χ0v) is 14.0. The lowest BCUT2D eigenvalue weighted by atomic mass is 10.1. The Bertz CT molecular complexity index is 817. The second kappa shape index (κ2) is 6.26. The molecular formula is C17H17N3O2S. The van der Waals surface area contributed by atoms with E-state index in [9.17, 15) is 4.79 Å². The third-order valence-electron chi connectivity index (χ3n) is 3.57. The van der Waals surface area contributed by atoms with Gasteiger partial charge < -0.3 is 10.1 Å². The first kappa shape index (κ1) is 15.3. The highest BCUT2D eigenvalue weighted by molar-refractivity contribution is 7.22. The fraction of sp³-hybridized carbons (Fsp3) is 0.176. The Morgan fingerprint density at radius 1 is 1.09 bits per heavy atom. The van der Waals surface area contributed by atoms with Crippen molar-refractivity contribution in [2.45, 2.75) is 13.8 Å². The molecular weight excluding hydrogens is 310 g/mol. The highest BCUT2D eigenvalue weighted by Crippen LogP contribution is 2.28. The van der Waals surface area contributed by atoms with E-state index in [1.165, 1.54) is 22.5 Å². The Balaban J connectivity index is 1.71. The summed E-state index contributed by atoms with van der Waals surface area (Å²) in [6.07, 6.45) is 0. The van der Waals surface area contributed by atoms with Gasteiger partial charge in [-0.25, -0.2) is 9.78 Å². The van der Waals surface area contributed by atoms with Gasteiger partial charge in [-0.15, -0.1) is 0 Å². The number of nitrogens with one attached hydrogen (secondary N) is 2. The van der Waals surface area contributed by atoms with E-state index in [2.05, 4.69) is 35.5 Å². The Kier molecular flexibility index (Phi) is 4.16. The molecule has 0 atom stereocenters. The van der Waals surface area contributed by atoms with Gasteiger partial charge in [0.15, 0.2) is 5.13 Å². The minimum atomic E-state index is -0.317. The van der Waals surface area contributed by atoms with Crippen LogP contribution >= 0.6 is 11.3 Å². The summed E-state index contributed by atoms with van der Waals surface area (Å²) < 4.78 is 6.15. The van der Waals surface area contributed by atoms with Gasteiger partial charge in [0.05, 0.1) is 17.3 Å². The number of rotatable bonds is 3. The number of ether oxygens (including phenoxy) is 1. The minimum absolute atomic E-state index is 0.317. The lowest BCUT2D eigenvalue weighted by Gasteiger charge is -2.06. The van der Waals surface area contributed by atoms with Gasteiger partial charge in [0.1, 0.15) is 5.75 Å². The Morgan fingerprint density at radius 2 is 1.78 bits per heavy atom. The van der Waals surface area contributed by atoms with Crippen molar-refractivity contribution in [2.75, 3.05) is 17.7 Å². The number of methoxy groups -OCH3 is 1. The summed E-state index contributed by atoms with van der Waals surface area (Å²) in [7, 11) is 1.60. The van der Waals surface area contributed by atoms with E-state index in [-0.39, 0.29) is 6.03 Å². The average Bonchev–Trinajstić information content (AvgIpc) is 2.89. The second-order valence-corrected chi connectivity index (χ2v) is 6.26. The molecule has 118 valence electrons. The number of carbonyl (C=O) groups excluding carboxylic acids is 1. The molecule has 2 N–H and O–H groups in total. The van der Waals surface area contributed by atoms with Crippen LogP contribution in [0.2, 0.25) is 0 Å². The summed E-state index contributed by atoms with van der Waals surface area (Å²) in [5, 5.41) is 6.12. The number of hydrogen-bond donors (Lipinski definition) is 2. The fourth-order valence-electron chi connectivity index (χ4n) is 2.17. The quantitative estimate of drug-likeness (QED) is 0.741. The molecule has 6 heteroatoms. The number of hydrogen-bond acceptors (Lipinski definition) is 4. The molecule has 3 rings (SSSR count). The third kappa shape index (κ3) is 3.43. The summed E-state index contributed by atoms with van der Waals surface area (Å²) in [5.41, 5.74) is 4.00. The number of amides is 2. The van der Waals surface area contributed by atoms with Gasteiger partial charge in [-0.1, -0.05) is 11.3 Å². The monoisotopic (exact) mass is 327 g/mol. The molecule has 0 saturated carbocycles. The van der Waals surface area contributed by atoms with Crippen LogP contribution < -0.4 is 15.4 Å². The summed E-state index contributed by atoms with van der Waals surface area (Å²) in [5.74, 6) is 0.743. The van der Waals surface area contributed by atoms with E-state index in [0.29, 0.717) is 10.8 Å². The first-order chi connectivity index (χ1) is 11.0. The molecule has 5 nitrogen and oxygen atoms in total. The number of aryl methyl sites for hydroxylation is 2. The molecule has 0 aliphatic carbocycles. The van der Waals surface area contributed by atoms with Gasteiger partial charge in [0.25, 0.3) is 0 Å². The van der Waals surface area contributed by atoms with Crippen LogP contribution in [-0.2, 0) is 0 Å². The van der Waals surface area contributed by atoms with E-state index >= 15 is 0 Å². The van der Waals surface area contributed by atoms with Gasteiger partial charge in [-0.3, -0.25) is 5.32 Å². The minimum Gasteiger partial charge on any atom is -0.497 e. The van der Waals surface area contributed by atoms with Crippen LogP contribution in [0.5, 0.6) is 5.75 Å². The fourth-order valence-corrected chi connectivity index (χ4v) is 3.11. The zero-order chi connectivity index (χ0) is 16.4. The molecule has 1 heterocycles. The molecule has 23 heavy (non-hydrogen) atoms. The van der Waals surface area contributed by atoms with Crippen LogP contribution in [0.4, 0.5) is 15.6 Å². The normalized spacial score (nSPS) is 10.6. The molecule has 2 amide bonds. The van der Waals surface area contributed by atoms with E-state index in [1.54, 1.807) is 31.4 Å². The van der Waals surface area contributed by atoms with E-state index in [0.717, 1.165) is 16.0 Å². The highest BCUT2D eigenvalue weighted by atomic mass is 32.1. The summed E-state index contributed by atoms with van der Waals surface area (Å²) in [6, 6.07) is 11.0. The van der Waals surface area contributed by atoms with Crippen molar-refractivity contribution in [3.8, 4) is 5.75 Å². The van der Waals surface area contributed by atoms with Crippen molar-refractivity contribution in [1.82, 2.24) is 4.98 Å². The molecule has 1 aromatic heterocycles. The molecule has 0 spiro atoms. The molecule has 0 bridgehead atoms. The van der Waals surface area contributed by atoms with E-state index in [4.69, 9.17) is 4.74 Å². The van der Waals surface area contributed by atoms with Crippen LogP contribution in [-0.4, -0.2) is 18.1 Å². The number of thiazole rings is 1. The first-order valence-electron chi connectivity index (χ1n) is 7.15. The lowest BCUT2D eigenvalue weighted by molar-refractivity contribution is 0.262. The van der Waals surface area contributed by atoms with Crippen LogP contribution in [0.3, 0.4) is 0 Å². The summed E-state index contributed by atoms with van der Waals surface area (Å²) in [4.78, 5) is 16.5. The van der Waals surface area contributed by atoms with Gasteiger partial charge in [-0.2, -0.15) is 0 Å². The van der Waals surface area contributed by atoms with Crippen molar-refractivity contribution >= 4 is 38.4 Å². The highest BCUT2D eigenvalue weighted by Gasteiger charge is 2.09. The van der Waals surface area contributed by atoms with Gasteiger partial charge in [-0.05, 0) is 61.4 Å². The molecule has 0 fully saturated rings. The second-order valence-electron chi connectivity index (χ2n) is 5.23. The van der Waals surface area contributed by atoms with Crippen LogP contribution in [0.1, 0.15) is 11.1 Å². The molecule has 0 saturated heterocycles. The number of anilines is 2. The largest absolute Gasteiger partial charge is 0.497 e. The molecule has 3 aromatic rings. The Labute approximate surface area is 138 Å². The number of fused-ring (bicyclic) bond motifs is 1. The predicted molar refractivity (Wildman–Crippen MR) is 94.7 cm³/mol. The van der Waals surface area contributed by atoms with Crippen LogP contribution in [0.25, 0.3) is 10.2 Å². The zero-order valence-electron chi connectivity index (χ0n) is 13.1. The molecule has 2 aromatic carbocycles. The number of aromatic nitrogens is 1. The number of urea groups is 1. The van der Waals surface area contributed by atoms with E-state index in [1.807, 2.05) is 6.07 Å². The Hall–Kier alpha value is -2.60. The maximum Gasteiger partial charge on any atom is 0.325 e. The number of nitrogens with zero attached hydrogens (tertiary/aromatic N) is 1. The maximum absolute atomic E-state index is 12.1. The van der Waals surface area contributed by atoms with Crippen LogP contribution in [0, 0.1) is 13.8 Å². The van der Waals surface area contributed by atoms with Crippen molar-refractivity contribution in [1.29, 1.82) is 0 Å². The van der Waals surface area contributed by atoms with Crippen molar-refractivity contribution in [3.63, 3.8) is 0 Å². The van der Waals surface area contributed by atoms with Crippen LogP contribution in [0.15, 0.2) is 36.4 Å². The molecule has 0 aliphatic heterocycles.